The number of carboxylic acid groups (broad SMARTS) is 1. The molecule has 0 aliphatic heterocycles. The third-order valence-corrected chi connectivity index (χ3v) is 5.63. The van der Waals surface area contributed by atoms with Crippen LogP contribution in [0.2, 0.25) is 0 Å². The quantitative estimate of drug-likeness (QED) is 0.705. The van der Waals surface area contributed by atoms with Gasteiger partial charge in [0.2, 0.25) is 0 Å². The fraction of sp³-hybridized carbons (Fsp3) is 0.875. The van der Waals surface area contributed by atoms with Crippen molar-refractivity contribution in [3.05, 3.63) is 0 Å². The number of carboxylic acids is 1. The summed E-state index contributed by atoms with van der Waals surface area (Å²) in [7, 11) is 0. The number of carbonyl (C=O) groups is 2. The Labute approximate surface area is 126 Å². The van der Waals surface area contributed by atoms with Crippen LogP contribution in [-0.2, 0) is 4.79 Å². The highest BCUT2D eigenvalue weighted by atomic mass is 16.4. The van der Waals surface area contributed by atoms with Gasteiger partial charge >= 0.3 is 12.0 Å². The number of amides is 2. The van der Waals surface area contributed by atoms with Gasteiger partial charge in [-0.15, -0.1) is 0 Å². The second-order valence-corrected chi connectivity index (χ2v) is 6.90. The minimum atomic E-state index is -1.07. The van der Waals surface area contributed by atoms with Crippen LogP contribution in [0, 0.1) is 11.3 Å². The third kappa shape index (κ3) is 3.69. The normalized spacial score (nSPS) is 30.5. The summed E-state index contributed by atoms with van der Waals surface area (Å²) in [6.45, 7) is 4.93. The Bertz CT molecular complexity index is 396. The number of rotatable bonds is 6. The average Bonchev–Trinajstić information content (AvgIpc) is 3.26. The molecule has 2 aliphatic carbocycles. The molecule has 5 nitrogen and oxygen atoms in total. The molecule has 0 aromatic heterocycles. The lowest BCUT2D eigenvalue weighted by Gasteiger charge is -2.37. The molecule has 0 aromatic carbocycles. The van der Waals surface area contributed by atoms with Crippen LogP contribution >= 0.6 is 0 Å². The molecule has 120 valence electrons. The van der Waals surface area contributed by atoms with Gasteiger partial charge in [0, 0.05) is 6.54 Å². The second-order valence-electron chi connectivity index (χ2n) is 6.90. The van der Waals surface area contributed by atoms with Gasteiger partial charge in [0.15, 0.2) is 0 Å². The van der Waals surface area contributed by atoms with E-state index in [4.69, 9.17) is 0 Å². The molecule has 0 aromatic rings. The number of hydrogen-bond donors (Lipinski definition) is 3. The first-order chi connectivity index (χ1) is 9.95. The number of hydrogen-bond acceptors (Lipinski definition) is 2. The number of nitrogens with one attached hydrogen (secondary N) is 2. The van der Waals surface area contributed by atoms with E-state index >= 15 is 0 Å². The summed E-state index contributed by atoms with van der Waals surface area (Å²) >= 11 is 0. The minimum Gasteiger partial charge on any atom is -0.480 e. The third-order valence-electron chi connectivity index (χ3n) is 5.63. The highest BCUT2D eigenvalue weighted by molar-refractivity contribution is 5.86. The maximum absolute atomic E-state index is 12.1. The van der Waals surface area contributed by atoms with E-state index in [2.05, 4.69) is 24.5 Å². The standard InChI is InChI=1S/C16H28N2O3/c1-3-12-5-7-16(8-6-12,13(19)20)18-14(21)17-11-15(4-2)9-10-15/h12H,3-11H2,1-2H3,(H,19,20)(H2,17,18,21). The predicted octanol–water partition coefficient (Wildman–Crippen LogP) is 2.90. The van der Waals surface area contributed by atoms with E-state index in [1.54, 1.807) is 0 Å². The molecule has 0 heterocycles. The largest absolute Gasteiger partial charge is 0.480 e. The van der Waals surface area contributed by atoms with Gasteiger partial charge in [-0.1, -0.05) is 20.3 Å². The van der Waals surface area contributed by atoms with Gasteiger partial charge in [-0.25, -0.2) is 9.59 Å². The van der Waals surface area contributed by atoms with Crippen LogP contribution < -0.4 is 10.6 Å². The van der Waals surface area contributed by atoms with E-state index in [0.717, 1.165) is 38.5 Å². The lowest BCUT2D eigenvalue weighted by molar-refractivity contribution is -0.146. The lowest BCUT2D eigenvalue weighted by Crippen LogP contribution is -2.59. The summed E-state index contributed by atoms with van der Waals surface area (Å²) in [5, 5.41) is 15.2. The molecular formula is C16H28N2O3. The smallest absolute Gasteiger partial charge is 0.329 e. The highest BCUT2D eigenvalue weighted by Crippen LogP contribution is 2.47. The Morgan fingerprint density at radius 2 is 1.76 bits per heavy atom. The maximum Gasteiger partial charge on any atom is 0.329 e. The van der Waals surface area contributed by atoms with Gasteiger partial charge in [-0.05, 0) is 56.3 Å². The van der Waals surface area contributed by atoms with Crippen molar-refractivity contribution < 1.29 is 14.7 Å². The van der Waals surface area contributed by atoms with E-state index in [-0.39, 0.29) is 11.4 Å². The zero-order chi connectivity index (χ0) is 15.5. The van der Waals surface area contributed by atoms with Crippen LogP contribution in [0.5, 0.6) is 0 Å². The minimum absolute atomic E-state index is 0.271. The summed E-state index contributed by atoms with van der Waals surface area (Å²) in [5.74, 6) is -0.305. The molecule has 0 saturated heterocycles. The molecule has 2 fully saturated rings. The van der Waals surface area contributed by atoms with Gasteiger partial charge in [-0.3, -0.25) is 0 Å². The molecule has 0 bridgehead atoms. The molecule has 0 atom stereocenters. The summed E-state index contributed by atoms with van der Waals surface area (Å²) in [6.07, 6.45) is 7.29. The fourth-order valence-corrected chi connectivity index (χ4v) is 3.33. The van der Waals surface area contributed by atoms with Crippen molar-refractivity contribution in [1.82, 2.24) is 10.6 Å². The van der Waals surface area contributed by atoms with Crippen LogP contribution in [0.3, 0.4) is 0 Å². The molecule has 0 unspecified atom stereocenters. The Balaban J connectivity index is 1.88. The summed E-state index contributed by atoms with van der Waals surface area (Å²) in [5.41, 5.74) is -0.799. The predicted molar refractivity (Wildman–Crippen MR) is 81.1 cm³/mol. The van der Waals surface area contributed by atoms with Crippen molar-refractivity contribution in [2.75, 3.05) is 6.54 Å². The second kappa shape index (κ2) is 6.24. The Kier molecular flexibility index (Phi) is 4.79. The molecular weight excluding hydrogens is 268 g/mol. The van der Waals surface area contributed by atoms with E-state index in [1.807, 2.05) is 0 Å². The van der Waals surface area contributed by atoms with E-state index in [1.165, 1.54) is 0 Å². The van der Waals surface area contributed by atoms with Crippen LogP contribution in [-0.4, -0.2) is 29.2 Å². The highest BCUT2D eigenvalue weighted by Gasteiger charge is 2.44. The molecule has 0 spiro atoms. The Hall–Kier alpha value is -1.26. The molecule has 2 saturated carbocycles. The van der Waals surface area contributed by atoms with Crippen LogP contribution in [0.25, 0.3) is 0 Å². The molecule has 2 aliphatic rings. The first-order valence-electron chi connectivity index (χ1n) is 8.25. The van der Waals surface area contributed by atoms with Crippen molar-refractivity contribution in [3.63, 3.8) is 0 Å². The molecule has 5 heteroatoms. The molecule has 2 amide bonds. The summed E-state index contributed by atoms with van der Waals surface area (Å²) < 4.78 is 0. The van der Waals surface area contributed by atoms with Crippen molar-refractivity contribution in [3.8, 4) is 0 Å². The number of aliphatic carboxylic acids is 1. The average molecular weight is 296 g/mol. The monoisotopic (exact) mass is 296 g/mol. The first kappa shape index (κ1) is 16.1. The van der Waals surface area contributed by atoms with Crippen LogP contribution in [0.4, 0.5) is 4.79 Å². The number of carbonyl (C=O) groups excluding carboxylic acids is 1. The van der Waals surface area contributed by atoms with Gasteiger partial charge in [0.05, 0.1) is 0 Å². The molecule has 3 N–H and O–H groups in total. The van der Waals surface area contributed by atoms with Crippen molar-refractivity contribution in [2.45, 2.75) is 70.8 Å². The van der Waals surface area contributed by atoms with E-state index in [0.29, 0.717) is 25.3 Å². The van der Waals surface area contributed by atoms with Crippen molar-refractivity contribution in [1.29, 1.82) is 0 Å². The first-order valence-corrected chi connectivity index (χ1v) is 8.25. The topological polar surface area (TPSA) is 78.4 Å². The zero-order valence-electron chi connectivity index (χ0n) is 13.2. The SMILES string of the molecule is CCC1CCC(NC(=O)NCC2(CC)CC2)(C(=O)O)CC1. The lowest BCUT2D eigenvalue weighted by atomic mass is 9.75. The summed E-state index contributed by atoms with van der Waals surface area (Å²) in [6, 6.07) is -0.327. The van der Waals surface area contributed by atoms with Crippen LogP contribution in [0.15, 0.2) is 0 Å². The van der Waals surface area contributed by atoms with Gasteiger partial charge in [0.1, 0.15) is 5.54 Å². The Morgan fingerprint density at radius 3 is 2.19 bits per heavy atom. The molecule has 2 rings (SSSR count). The number of urea groups is 1. The summed E-state index contributed by atoms with van der Waals surface area (Å²) in [4.78, 5) is 23.7. The maximum atomic E-state index is 12.1. The molecule has 21 heavy (non-hydrogen) atoms. The van der Waals surface area contributed by atoms with Gasteiger partial charge in [-0.2, -0.15) is 0 Å². The van der Waals surface area contributed by atoms with Crippen molar-refractivity contribution in [2.24, 2.45) is 11.3 Å². The van der Waals surface area contributed by atoms with E-state index < -0.39 is 11.5 Å². The van der Waals surface area contributed by atoms with Crippen LogP contribution in [0.1, 0.15) is 65.2 Å². The zero-order valence-corrected chi connectivity index (χ0v) is 13.2. The van der Waals surface area contributed by atoms with E-state index in [9.17, 15) is 14.7 Å². The van der Waals surface area contributed by atoms with Crippen molar-refractivity contribution >= 4 is 12.0 Å². The van der Waals surface area contributed by atoms with Gasteiger partial charge in [0.25, 0.3) is 0 Å². The Morgan fingerprint density at radius 1 is 1.14 bits per heavy atom. The van der Waals surface area contributed by atoms with Gasteiger partial charge < -0.3 is 15.7 Å². The molecule has 0 radical (unpaired) electrons. The fourth-order valence-electron chi connectivity index (χ4n) is 3.33.